The summed E-state index contributed by atoms with van der Waals surface area (Å²) in [7, 11) is -3.23. The maximum Gasteiger partial charge on any atom is 0.241 e. The average Bonchev–Trinajstić information content (AvgIpc) is 2.98. The molecular formula is C21H23ClN2O3S. The minimum absolute atomic E-state index is 0.0209. The number of halogens is 1. The molecule has 2 aliphatic heterocycles. The van der Waals surface area contributed by atoms with E-state index in [0.29, 0.717) is 10.7 Å². The molecular weight excluding hydrogens is 396 g/mol. The number of sulfone groups is 1. The van der Waals surface area contributed by atoms with Gasteiger partial charge in [0.05, 0.1) is 24.1 Å². The summed E-state index contributed by atoms with van der Waals surface area (Å²) in [6.07, 6.45) is 0. The van der Waals surface area contributed by atoms with Crippen molar-refractivity contribution in [1.29, 1.82) is 0 Å². The molecule has 28 heavy (non-hydrogen) atoms. The van der Waals surface area contributed by atoms with Crippen LogP contribution in [0.3, 0.4) is 0 Å². The molecule has 0 saturated carbocycles. The Morgan fingerprint density at radius 2 is 1.75 bits per heavy atom. The highest BCUT2D eigenvalue weighted by atomic mass is 35.5. The summed E-state index contributed by atoms with van der Waals surface area (Å²) < 4.78 is 25.0. The maximum atomic E-state index is 13.1. The van der Waals surface area contributed by atoms with Gasteiger partial charge in [0, 0.05) is 22.8 Å². The van der Waals surface area contributed by atoms with Crippen molar-refractivity contribution in [2.45, 2.75) is 32.0 Å². The van der Waals surface area contributed by atoms with Crippen LogP contribution in [0.15, 0.2) is 48.5 Å². The van der Waals surface area contributed by atoms with Crippen LogP contribution in [-0.4, -0.2) is 49.4 Å². The number of carbonyl (C=O) groups is 1. The monoisotopic (exact) mass is 418 g/mol. The van der Waals surface area contributed by atoms with Crippen molar-refractivity contribution in [2.75, 3.05) is 23.0 Å². The van der Waals surface area contributed by atoms with Gasteiger partial charge < -0.3 is 4.90 Å². The lowest BCUT2D eigenvalue weighted by Crippen LogP contribution is -2.62. The van der Waals surface area contributed by atoms with Crippen molar-refractivity contribution in [1.82, 2.24) is 4.90 Å². The number of piperazine rings is 1. The van der Waals surface area contributed by atoms with Gasteiger partial charge in [-0.3, -0.25) is 9.69 Å². The van der Waals surface area contributed by atoms with E-state index in [0.717, 1.165) is 11.1 Å². The Balaban J connectivity index is 1.72. The first kappa shape index (κ1) is 19.4. The summed E-state index contributed by atoms with van der Waals surface area (Å²) in [4.78, 5) is 16.8. The number of carbonyl (C=O) groups excluding carboxylic acids is 1. The highest BCUT2D eigenvalue weighted by Crippen LogP contribution is 2.37. The van der Waals surface area contributed by atoms with E-state index in [1.54, 1.807) is 11.0 Å². The molecule has 7 heteroatoms. The smallest absolute Gasteiger partial charge is 0.241 e. The molecule has 4 rings (SSSR count). The Morgan fingerprint density at radius 1 is 1.07 bits per heavy atom. The topological polar surface area (TPSA) is 57.7 Å². The van der Waals surface area contributed by atoms with E-state index in [9.17, 15) is 13.2 Å². The van der Waals surface area contributed by atoms with Crippen molar-refractivity contribution >= 4 is 33.0 Å². The number of anilines is 1. The second-order valence-corrected chi connectivity index (χ2v) is 10.2. The number of nitrogens with zero attached hydrogens (tertiary/aromatic N) is 2. The highest BCUT2D eigenvalue weighted by molar-refractivity contribution is 7.91. The van der Waals surface area contributed by atoms with E-state index in [1.807, 2.05) is 61.2 Å². The summed E-state index contributed by atoms with van der Waals surface area (Å²) >= 11 is 6.27. The number of rotatable bonds is 3. The minimum atomic E-state index is -3.23. The molecule has 0 radical (unpaired) electrons. The molecule has 2 aromatic carbocycles. The first-order chi connectivity index (χ1) is 13.3. The van der Waals surface area contributed by atoms with E-state index in [-0.39, 0.29) is 36.0 Å². The van der Waals surface area contributed by atoms with E-state index in [1.165, 1.54) is 0 Å². The van der Waals surface area contributed by atoms with E-state index in [2.05, 4.69) is 0 Å². The third-order valence-corrected chi connectivity index (χ3v) is 7.96. The first-order valence-electron chi connectivity index (χ1n) is 9.36. The van der Waals surface area contributed by atoms with Crippen molar-refractivity contribution in [3.05, 3.63) is 64.7 Å². The van der Waals surface area contributed by atoms with Gasteiger partial charge >= 0.3 is 0 Å². The Morgan fingerprint density at radius 3 is 2.43 bits per heavy atom. The standard InChI is InChI=1S/C21H23ClN2O3S/c1-14-8-9-17(10-18(14)22)24-20-13-28(26,27)12-19(20)23(11-21(24)25)15(2)16-6-4-3-5-7-16/h3-10,15,19-20H,11-13H2,1-2H3/t15-,19-,20+/m0/s1. The molecule has 5 nitrogen and oxygen atoms in total. The predicted molar refractivity (Wildman–Crippen MR) is 111 cm³/mol. The molecule has 2 heterocycles. The number of amides is 1. The van der Waals surface area contributed by atoms with Gasteiger partial charge in [-0.1, -0.05) is 48.0 Å². The number of hydrogen-bond donors (Lipinski definition) is 0. The third-order valence-electron chi connectivity index (χ3n) is 5.85. The van der Waals surface area contributed by atoms with E-state index >= 15 is 0 Å². The van der Waals surface area contributed by atoms with Crippen LogP contribution in [0.4, 0.5) is 5.69 Å². The van der Waals surface area contributed by atoms with Crippen LogP contribution in [0.25, 0.3) is 0 Å². The Kier molecular flexibility index (Phi) is 4.98. The largest absolute Gasteiger partial charge is 0.306 e. The summed E-state index contributed by atoms with van der Waals surface area (Å²) in [5.74, 6) is -0.0495. The van der Waals surface area contributed by atoms with Crippen LogP contribution in [0, 0.1) is 6.92 Å². The van der Waals surface area contributed by atoms with Crippen molar-refractivity contribution in [3.8, 4) is 0 Å². The normalized spacial score (nSPS) is 25.5. The highest BCUT2D eigenvalue weighted by Gasteiger charge is 2.50. The quantitative estimate of drug-likeness (QED) is 0.767. The number of fused-ring (bicyclic) bond motifs is 1. The van der Waals surface area contributed by atoms with Crippen molar-refractivity contribution in [2.24, 2.45) is 0 Å². The maximum absolute atomic E-state index is 13.1. The molecule has 0 aromatic heterocycles. The van der Waals surface area contributed by atoms with Crippen LogP contribution in [-0.2, 0) is 14.6 Å². The van der Waals surface area contributed by atoms with Gasteiger partial charge in [0.1, 0.15) is 0 Å². The van der Waals surface area contributed by atoms with Crippen LogP contribution in [0.5, 0.6) is 0 Å². The summed E-state index contributed by atoms with van der Waals surface area (Å²) in [5, 5.41) is 0.572. The number of benzene rings is 2. The zero-order chi connectivity index (χ0) is 20.1. The van der Waals surface area contributed by atoms with Crippen LogP contribution in [0.2, 0.25) is 5.02 Å². The molecule has 0 bridgehead atoms. The molecule has 0 spiro atoms. The molecule has 2 aromatic rings. The number of aryl methyl sites for hydroxylation is 1. The van der Waals surface area contributed by atoms with Crippen molar-refractivity contribution in [3.63, 3.8) is 0 Å². The molecule has 0 aliphatic carbocycles. The number of hydrogen-bond acceptors (Lipinski definition) is 4. The molecule has 0 N–H and O–H groups in total. The fraction of sp³-hybridized carbons (Fsp3) is 0.381. The average molecular weight is 419 g/mol. The first-order valence-corrected chi connectivity index (χ1v) is 11.6. The Hall–Kier alpha value is -1.89. The van der Waals surface area contributed by atoms with Gasteiger partial charge in [-0.25, -0.2) is 8.42 Å². The van der Waals surface area contributed by atoms with Crippen LogP contribution in [0.1, 0.15) is 24.1 Å². The van der Waals surface area contributed by atoms with E-state index < -0.39 is 15.9 Å². The van der Waals surface area contributed by atoms with Gasteiger partial charge in [0.25, 0.3) is 0 Å². The lowest BCUT2D eigenvalue weighted by Gasteiger charge is -2.46. The van der Waals surface area contributed by atoms with Gasteiger partial charge in [0.15, 0.2) is 9.84 Å². The fourth-order valence-electron chi connectivity index (χ4n) is 4.32. The molecule has 2 saturated heterocycles. The zero-order valence-corrected chi connectivity index (χ0v) is 17.4. The lowest BCUT2D eigenvalue weighted by molar-refractivity contribution is -0.124. The van der Waals surface area contributed by atoms with Crippen LogP contribution < -0.4 is 4.90 Å². The second-order valence-electron chi connectivity index (χ2n) is 7.67. The minimum Gasteiger partial charge on any atom is -0.306 e. The zero-order valence-electron chi connectivity index (χ0n) is 15.9. The summed E-state index contributed by atoms with van der Waals surface area (Å²) in [6.45, 7) is 4.11. The molecule has 2 fully saturated rings. The Labute approximate surface area is 170 Å². The summed E-state index contributed by atoms with van der Waals surface area (Å²) in [5.41, 5.74) is 2.66. The second kappa shape index (κ2) is 7.17. The van der Waals surface area contributed by atoms with Gasteiger partial charge in [-0.05, 0) is 37.1 Å². The molecule has 148 valence electrons. The summed E-state index contributed by atoms with van der Waals surface area (Å²) in [6, 6.07) is 14.7. The lowest BCUT2D eigenvalue weighted by atomic mass is 9.98. The van der Waals surface area contributed by atoms with E-state index in [4.69, 9.17) is 11.6 Å². The third kappa shape index (κ3) is 3.45. The Bertz CT molecular complexity index is 1010. The van der Waals surface area contributed by atoms with Crippen LogP contribution >= 0.6 is 11.6 Å². The fourth-order valence-corrected chi connectivity index (χ4v) is 6.46. The SMILES string of the molecule is Cc1ccc(N2C(=O)CN([C@@H](C)c3ccccc3)[C@H]3CS(=O)(=O)C[C@H]32)cc1Cl. The molecule has 3 atom stereocenters. The molecule has 1 amide bonds. The predicted octanol–water partition coefficient (Wildman–Crippen LogP) is 3.22. The van der Waals surface area contributed by atoms with Gasteiger partial charge in [-0.15, -0.1) is 0 Å². The molecule has 0 unspecified atom stereocenters. The van der Waals surface area contributed by atoms with Gasteiger partial charge in [0.2, 0.25) is 5.91 Å². The molecule has 2 aliphatic rings. The van der Waals surface area contributed by atoms with Crippen molar-refractivity contribution < 1.29 is 13.2 Å². The van der Waals surface area contributed by atoms with Gasteiger partial charge in [-0.2, -0.15) is 0 Å².